The van der Waals surface area contributed by atoms with E-state index in [1.165, 1.54) is 7.11 Å². The number of phenolic OH excluding ortho intramolecular Hbond substituents is 1. The third kappa shape index (κ3) is 5.33. The van der Waals surface area contributed by atoms with Gasteiger partial charge in [0.15, 0.2) is 13.6 Å². The first-order valence-corrected chi connectivity index (χ1v) is 9.94. The minimum absolute atomic E-state index is 0.0817. The van der Waals surface area contributed by atoms with E-state index in [9.17, 15) is 10.2 Å². The number of aliphatic hydroxyl groups excluding tert-OH is 1. The van der Waals surface area contributed by atoms with Crippen LogP contribution in [0.3, 0.4) is 0 Å². The Hall–Kier alpha value is -2.54. The average molecular weight is 417 g/mol. The average Bonchev–Trinajstić information content (AvgIpc) is 2.77. The van der Waals surface area contributed by atoms with Gasteiger partial charge >= 0.3 is 0 Å². The number of hydrogen-bond donors (Lipinski definition) is 2. The van der Waals surface area contributed by atoms with Crippen molar-refractivity contribution in [1.29, 1.82) is 0 Å². The van der Waals surface area contributed by atoms with Crippen LogP contribution in [-0.4, -0.2) is 44.6 Å². The molecule has 0 fully saturated rings. The Labute approximate surface area is 178 Å². The zero-order valence-electron chi connectivity index (χ0n) is 18.0. The van der Waals surface area contributed by atoms with Gasteiger partial charge in [-0.05, 0) is 42.2 Å². The van der Waals surface area contributed by atoms with E-state index >= 15 is 0 Å². The van der Waals surface area contributed by atoms with Gasteiger partial charge in [0.25, 0.3) is 0 Å². The Morgan fingerprint density at radius 1 is 1.00 bits per heavy atom. The summed E-state index contributed by atoms with van der Waals surface area (Å²) in [7, 11) is 3.11. The fourth-order valence-electron chi connectivity index (χ4n) is 3.83. The van der Waals surface area contributed by atoms with Gasteiger partial charge in [-0.25, -0.2) is 0 Å². The highest BCUT2D eigenvalue weighted by molar-refractivity contribution is 5.46. The van der Waals surface area contributed by atoms with Gasteiger partial charge < -0.3 is 29.2 Å². The molecule has 164 valence electrons. The van der Waals surface area contributed by atoms with Crippen LogP contribution in [0.1, 0.15) is 36.8 Å². The quantitative estimate of drug-likeness (QED) is 0.373. The minimum atomic E-state index is -0.611. The third-order valence-corrected chi connectivity index (χ3v) is 5.48. The van der Waals surface area contributed by atoms with Crippen molar-refractivity contribution in [3.8, 4) is 17.2 Å². The number of aromatic hydroxyl groups is 1. The predicted octanol–water partition coefficient (Wildman–Crippen LogP) is 4.36. The van der Waals surface area contributed by atoms with Gasteiger partial charge in [-0.2, -0.15) is 0 Å². The first-order chi connectivity index (χ1) is 14.6. The highest BCUT2D eigenvalue weighted by atomic mass is 16.7. The summed E-state index contributed by atoms with van der Waals surface area (Å²) in [6, 6.07) is 12.8. The zero-order valence-corrected chi connectivity index (χ0v) is 18.0. The van der Waals surface area contributed by atoms with Gasteiger partial charge in [-0.15, -0.1) is 6.58 Å². The zero-order chi connectivity index (χ0) is 22.0. The summed E-state index contributed by atoms with van der Waals surface area (Å²) < 4.78 is 20.8. The Bertz CT molecular complexity index is 783. The lowest BCUT2D eigenvalue weighted by Crippen LogP contribution is -2.37. The van der Waals surface area contributed by atoms with Crippen LogP contribution >= 0.6 is 0 Å². The predicted molar refractivity (Wildman–Crippen MR) is 116 cm³/mol. The van der Waals surface area contributed by atoms with Crippen molar-refractivity contribution in [1.82, 2.24) is 0 Å². The number of rotatable bonds is 13. The lowest BCUT2D eigenvalue weighted by molar-refractivity contribution is 0.0508. The molecular formula is C24H32O6. The van der Waals surface area contributed by atoms with Gasteiger partial charge in [-0.1, -0.05) is 31.2 Å². The SMILES string of the molecule is C=CCC(c1ccc(OCOC)cc1O)C(CC)(CO)c1ccc(OCOC)cc1. The summed E-state index contributed by atoms with van der Waals surface area (Å²) in [5, 5.41) is 21.3. The molecule has 2 atom stereocenters. The first kappa shape index (κ1) is 23.7. The van der Waals surface area contributed by atoms with E-state index in [1.807, 2.05) is 43.3 Å². The largest absolute Gasteiger partial charge is 0.508 e. The summed E-state index contributed by atoms with van der Waals surface area (Å²) in [5.74, 6) is 1.13. The summed E-state index contributed by atoms with van der Waals surface area (Å²) in [6.45, 7) is 6.12. The number of benzene rings is 2. The van der Waals surface area contributed by atoms with Crippen molar-refractivity contribution < 1.29 is 29.2 Å². The fourth-order valence-corrected chi connectivity index (χ4v) is 3.83. The Morgan fingerprint density at radius 3 is 2.10 bits per heavy atom. The molecule has 0 radical (unpaired) electrons. The Balaban J connectivity index is 2.45. The molecule has 2 N–H and O–H groups in total. The summed E-state index contributed by atoms with van der Waals surface area (Å²) in [5.41, 5.74) is 1.08. The lowest BCUT2D eigenvalue weighted by Gasteiger charge is -2.40. The van der Waals surface area contributed by atoms with E-state index < -0.39 is 5.41 Å². The monoisotopic (exact) mass is 416 g/mol. The van der Waals surface area contributed by atoms with Crippen LogP contribution in [0, 0.1) is 0 Å². The number of aliphatic hydroxyl groups is 1. The van der Waals surface area contributed by atoms with E-state index in [4.69, 9.17) is 18.9 Å². The van der Waals surface area contributed by atoms with Crippen molar-refractivity contribution in [3.05, 3.63) is 66.2 Å². The van der Waals surface area contributed by atoms with Crippen LogP contribution in [0.5, 0.6) is 17.2 Å². The van der Waals surface area contributed by atoms with Crippen molar-refractivity contribution >= 4 is 0 Å². The first-order valence-electron chi connectivity index (χ1n) is 9.94. The highest BCUT2D eigenvalue weighted by Gasteiger charge is 2.40. The standard InChI is InChI=1S/C24H32O6/c1-5-7-22(21-13-12-20(14-23(21)26)30-17-28-4)24(6-2,15-25)18-8-10-19(11-9-18)29-16-27-3/h5,8-14,22,25-26H,1,6-7,15-17H2,2-4H3. The molecule has 0 saturated carbocycles. The second-order valence-electron chi connectivity index (χ2n) is 7.09. The molecule has 0 bridgehead atoms. The summed E-state index contributed by atoms with van der Waals surface area (Å²) in [6.07, 6.45) is 3.07. The topological polar surface area (TPSA) is 77.4 Å². The molecule has 0 spiro atoms. The van der Waals surface area contributed by atoms with Crippen LogP contribution in [0.4, 0.5) is 0 Å². The van der Waals surface area contributed by atoms with Gasteiger partial charge in [-0.3, -0.25) is 0 Å². The van der Waals surface area contributed by atoms with Gasteiger partial charge in [0.05, 0.1) is 6.61 Å². The molecule has 2 rings (SSSR count). The number of hydrogen-bond acceptors (Lipinski definition) is 6. The molecule has 6 heteroatoms. The Morgan fingerprint density at radius 2 is 1.60 bits per heavy atom. The molecule has 2 unspecified atom stereocenters. The maximum Gasteiger partial charge on any atom is 0.188 e. The van der Waals surface area contributed by atoms with E-state index in [-0.39, 0.29) is 31.9 Å². The van der Waals surface area contributed by atoms with Gasteiger partial charge in [0.1, 0.15) is 17.2 Å². The molecular weight excluding hydrogens is 384 g/mol. The molecule has 0 aliphatic rings. The number of methoxy groups -OCH3 is 2. The summed E-state index contributed by atoms with van der Waals surface area (Å²) >= 11 is 0. The molecule has 2 aromatic rings. The molecule has 30 heavy (non-hydrogen) atoms. The smallest absolute Gasteiger partial charge is 0.188 e. The second kappa shape index (κ2) is 11.6. The van der Waals surface area contributed by atoms with E-state index in [0.29, 0.717) is 24.3 Å². The van der Waals surface area contributed by atoms with Crippen molar-refractivity contribution in [3.63, 3.8) is 0 Å². The molecule has 2 aromatic carbocycles. The number of phenols is 1. The van der Waals surface area contributed by atoms with Crippen LogP contribution < -0.4 is 9.47 Å². The maximum absolute atomic E-state index is 10.8. The van der Waals surface area contributed by atoms with Crippen LogP contribution in [0.25, 0.3) is 0 Å². The Kier molecular flexibility index (Phi) is 9.17. The molecule has 0 aliphatic carbocycles. The molecule has 0 aromatic heterocycles. The normalized spacial score (nSPS) is 14.0. The lowest BCUT2D eigenvalue weighted by atomic mass is 9.65. The summed E-state index contributed by atoms with van der Waals surface area (Å²) in [4.78, 5) is 0. The van der Waals surface area contributed by atoms with E-state index in [1.54, 1.807) is 19.2 Å². The third-order valence-electron chi connectivity index (χ3n) is 5.48. The van der Waals surface area contributed by atoms with Gasteiger partial charge in [0, 0.05) is 31.6 Å². The minimum Gasteiger partial charge on any atom is -0.508 e. The van der Waals surface area contributed by atoms with Crippen LogP contribution in [0.2, 0.25) is 0 Å². The molecule has 0 saturated heterocycles. The van der Waals surface area contributed by atoms with E-state index in [0.717, 1.165) is 11.1 Å². The van der Waals surface area contributed by atoms with Crippen molar-refractivity contribution in [2.24, 2.45) is 0 Å². The van der Waals surface area contributed by atoms with E-state index in [2.05, 4.69) is 6.58 Å². The van der Waals surface area contributed by atoms with Gasteiger partial charge in [0.2, 0.25) is 0 Å². The maximum atomic E-state index is 10.8. The molecule has 0 amide bonds. The number of ether oxygens (including phenoxy) is 4. The van der Waals surface area contributed by atoms with Crippen molar-refractivity contribution in [2.45, 2.75) is 31.1 Å². The molecule has 6 nitrogen and oxygen atoms in total. The number of allylic oxidation sites excluding steroid dienone is 1. The molecule has 0 aliphatic heterocycles. The highest BCUT2D eigenvalue weighted by Crippen LogP contribution is 2.47. The fraction of sp³-hybridized carbons (Fsp3) is 0.417. The van der Waals surface area contributed by atoms with Crippen LogP contribution in [0.15, 0.2) is 55.1 Å². The second-order valence-corrected chi connectivity index (χ2v) is 7.09. The van der Waals surface area contributed by atoms with Crippen LogP contribution in [-0.2, 0) is 14.9 Å². The molecule has 0 heterocycles. The van der Waals surface area contributed by atoms with Crippen molar-refractivity contribution in [2.75, 3.05) is 34.4 Å².